The van der Waals surface area contributed by atoms with Crippen molar-refractivity contribution in [3.8, 4) is 5.75 Å². The van der Waals surface area contributed by atoms with E-state index in [0.29, 0.717) is 18.9 Å². The molecule has 1 aromatic carbocycles. The SMILES string of the molecule is COCC(C)N(Cc1ccccc1OC)C(=O)c1ccco1. The first-order chi connectivity index (χ1) is 10.7. The normalized spacial score (nSPS) is 12.0. The maximum Gasteiger partial charge on any atom is 0.290 e. The molecule has 118 valence electrons. The molecule has 0 aliphatic rings. The Labute approximate surface area is 130 Å². The predicted octanol–water partition coefficient (Wildman–Crippen LogP) is 2.97. The van der Waals surface area contributed by atoms with Crippen molar-refractivity contribution in [3.05, 3.63) is 54.0 Å². The number of rotatable bonds is 7. The fourth-order valence-electron chi connectivity index (χ4n) is 2.32. The molecule has 1 heterocycles. The highest BCUT2D eigenvalue weighted by Crippen LogP contribution is 2.22. The molecule has 1 unspecified atom stereocenters. The first-order valence-corrected chi connectivity index (χ1v) is 7.12. The van der Waals surface area contributed by atoms with Crippen molar-refractivity contribution in [2.45, 2.75) is 19.5 Å². The lowest BCUT2D eigenvalue weighted by Gasteiger charge is -2.28. The first kappa shape index (κ1) is 16.1. The molecule has 5 nitrogen and oxygen atoms in total. The minimum Gasteiger partial charge on any atom is -0.496 e. The van der Waals surface area contributed by atoms with Gasteiger partial charge in [-0.2, -0.15) is 0 Å². The van der Waals surface area contributed by atoms with Gasteiger partial charge < -0.3 is 18.8 Å². The molecule has 0 saturated carbocycles. The van der Waals surface area contributed by atoms with Crippen molar-refractivity contribution < 1.29 is 18.7 Å². The summed E-state index contributed by atoms with van der Waals surface area (Å²) in [6.07, 6.45) is 1.50. The smallest absolute Gasteiger partial charge is 0.290 e. The van der Waals surface area contributed by atoms with Crippen LogP contribution >= 0.6 is 0 Å². The maximum atomic E-state index is 12.7. The summed E-state index contributed by atoms with van der Waals surface area (Å²) < 4.78 is 15.8. The number of amides is 1. The van der Waals surface area contributed by atoms with Gasteiger partial charge in [0.25, 0.3) is 5.91 Å². The topological polar surface area (TPSA) is 51.9 Å². The second kappa shape index (κ2) is 7.66. The zero-order chi connectivity index (χ0) is 15.9. The van der Waals surface area contributed by atoms with Crippen LogP contribution in [-0.4, -0.2) is 37.7 Å². The van der Waals surface area contributed by atoms with Gasteiger partial charge in [0.1, 0.15) is 5.75 Å². The van der Waals surface area contributed by atoms with Crippen LogP contribution in [0.4, 0.5) is 0 Å². The van der Waals surface area contributed by atoms with E-state index in [1.165, 1.54) is 6.26 Å². The molecule has 22 heavy (non-hydrogen) atoms. The molecule has 5 heteroatoms. The Morgan fingerprint density at radius 3 is 2.64 bits per heavy atom. The Bertz CT molecular complexity index is 594. The van der Waals surface area contributed by atoms with Gasteiger partial charge in [0.15, 0.2) is 5.76 Å². The quantitative estimate of drug-likeness (QED) is 0.789. The van der Waals surface area contributed by atoms with E-state index in [-0.39, 0.29) is 11.9 Å². The number of methoxy groups -OCH3 is 2. The standard InChI is InChI=1S/C17H21NO4/c1-13(12-20-2)18(17(19)16-9-6-10-22-16)11-14-7-4-5-8-15(14)21-3/h4-10,13H,11-12H2,1-3H3. The number of hydrogen-bond donors (Lipinski definition) is 0. The number of hydrogen-bond acceptors (Lipinski definition) is 4. The summed E-state index contributed by atoms with van der Waals surface area (Å²) in [5.74, 6) is 0.905. The van der Waals surface area contributed by atoms with Crippen LogP contribution in [0.5, 0.6) is 5.75 Å². The van der Waals surface area contributed by atoms with E-state index in [4.69, 9.17) is 13.9 Å². The first-order valence-electron chi connectivity index (χ1n) is 7.12. The molecule has 0 radical (unpaired) electrons. The van der Waals surface area contributed by atoms with Crippen molar-refractivity contribution in [2.75, 3.05) is 20.8 Å². The van der Waals surface area contributed by atoms with Gasteiger partial charge in [-0.25, -0.2) is 0 Å². The Morgan fingerprint density at radius 2 is 2.00 bits per heavy atom. The van der Waals surface area contributed by atoms with Crippen molar-refractivity contribution in [3.63, 3.8) is 0 Å². The van der Waals surface area contributed by atoms with Gasteiger partial charge in [-0.15, -0.1) is 0 Å². The summed E-state index contributed by atoms with van der Waals surface area (Å²) in [4.78, 5) is 14.4. The second-order valence-corrected chi connectivity index (χ2v) is 5.03. The Hall–Kier alpha value is -2.27. The molecule has 1 amide bonds. The van der Waals surface area contributed by atoms with Crippen LogP contribution in [0.1, 0.15) is 23.0 Å². The van der Waals surface area contributed by atoms with E-state index in [9.17, 15) is 4.79 Å². The summed E-state index contributed by atoms with van der Waals surface area (Å²) in [6.45, 7) is 2.81. The lowest BCUT2D eigenvalue weighted by atomic mass is 10.1. The highest BCUT2D eigenvalue weighted by molar-refractivity contribution is 5.91. The maximum absolute atomic E-state index is 12.7. The number of ether oxygens (including phenoxy) is 2. The highest BCUT2D eigenvalue weighted by Gasteiger charge is 2.24. The minimum absolute atomic E-state index is 0.0903. The molecule has 0 aliphatic heterocycles. The molecule has 0 N–H and O–H groups in total. The summed E-state index contributed by atoms with van der Waals surface area (Å²) in [7, 11) is 3.24. The van der Waals surface area contributed by atoms with Crippen LogP contribution < -0.4 is 4.74 Å². The van der Waals surface area contributed by atoms with Crippen molar-refractivity contribution in [1.82, 2.24) is 4.90 Å². The number of carbonyl (C=O) groups is 1. The van der Waals surface area contributed by atoms with E-state index in [1.807, 2.05) is 31.2 Å². The molecular weight excluding hydrogens is 282 g/mol. The molecule has 0 aliphatic carbocycles. The van der Waals surface area contributed by atoms with Gasteiger partial charge >= 0.3 is 0 Å². The zero-order valence-electron chi connectivity index (χ0n) is 13.1. The largest absolute Gasteiger partial charge is 0.496 e. The van der Waals surface area contributed by atoms with E-state index < -0.39 is 0 Å². The van der Waals surface area contributed by atoms with E-state index in [1.54, 1.807) is 31.3 Å². The number of benzene rings is 1. The molecule has 0 saturated heterocycles. The summed E-state index contributed by atoms with van der Waals surface area (Å²) in [6, 6.07) is 10.9. The fourth-order valence-corrected chi connectivity index (χ4v) is 2.32. The van der Waals surface area contributed by atoms with Gasteiger partial charge in [-0.1, -0.05) is 18.2 Å². The van der Waals surface area contributed by atoms with Gasteiger partial charge in [-0.05, 0) is 25.1 Å². The van der Waals surface area contributed by atoms with Gasteiger partial charge in [-0.3, -0.25) is 4.79 Å². The van der Waals surface area contributed by atoms with Gasteiger partial charge in [0.05, 0.1) is 32.6 Å². The zero-order valence-corrected chi connectivity index (χ0v) is 13.1. The summed E-state index contributed by atoms with van der Waals surface area (Å²) in [5.41, 5.74) is 0.938. The molecule has 1 atom stereocenters. The monoisotopic (exact) mass is 303 g/mol. The van der Waals surface area contributed by atoms with Crippen LogP contribution in [0.15, 0.2) is 47.1 Å². The summed E-state index contributed by atoms with van der Waals surface area (Å²) in [5, 5.41) is 0. The molecule has 1 aromatic heterocycles. The molecule has 2 aromatic rings. The van der Waals surface area contributed by atoms with Gasteiger partial charge in [0, 0.05) is 12.7 Å². The van der Waals surface area contributed by atoms with Crippen molar-refractivity contribution in [2.24, 2.45) is 0 Å². The number of nitrogens with zero attached hydrogens (tertiary/aromatic N) is 1. The molecule has 0 spiro atoms. The average Bonchev–Trinajstić information content (AvgIpc) is 3.07. The molecule has 0 bridgehead atoms. The highest BCUT2D eigenvalue weighted by atomic mass is 16.5. The van der Waals surface area contributed by atoms with Gasteiger partial charge in [0.2, 0.25) is 0 Å². The number of carbonyl (C=O) groups excluding carboxylic acids is 1. The van der Waals surface area contributed by atoms with E-state index >= 15 is 0 Å². The minimum atomic E-state index is -0.166. The third-order valence-electron chi connectivity index (χ3n) is 3.47. The Morgan fingerprint density at radius 1 is 1.23 bits per heavy atom. The molecular formula is C17H21NO4. The molecule has 0 fully saturated rings. The lowest BCUT2D eigenvalue weighted by molar-refractivity contribution is 0.0511. The van der Waals surface area contributed by atoms with Crippen molar-refractivity contribution in [1.29, 1.82) is 0 Å². The van der Waals surface area contributed by atoms with Crippen LogP contribution in [0.25, 0.3) is 0 Å². The fraction of sp³-hybridized carbons (Fsp3) is 0.353. The van der Waals surface area contributed by atoms with Crippen LogP contribution in [0.3, 0.4) is 0 Å². The van der Waals surface area contributed by atoms with Crippen LogP contribution in [-0.2, 0) is 11.3 Å². The predicted molar refractivity (Wildman–Crippen MR) is 82.9 cm³/mol. The third kappa shape index (κ3) is 3.68. The van der Waals surface area contributed by atoms with E-state index in [2.05, 4.69) is 0 Å². The van der Waals surface area contributed by atoms with Crippen LogP contribution in [0.2, 0.25) is 0 Å². The van der Waals surface area contributed by atoms with Crippen LogP contribution in [0, 0.1) is 0 Å². The second-order valence-electron chi connectivity index (χ2n) is 5.03. The number of furan rings is 1. The summed E-state index contributed by atoms with van der Waals surface area (Å²) >= 11 is 0. The Kier molecular flexibility index (Phi) is 5.61. The third-order valence-corrected chi connectivity index (χ3v) is 3.47. The number of para-hydroxylation sites is 1. The Balaban J connectivity index is 2.26. The lowest BCUT2D eigenvalue weighted by Crippen LogP contribution is -2.40. The van der Waals surface area contributed by atoms with Crippen molar-refractivity contribution >= 4 is 5.91 Å². The molecule has 2 rings (SSSR count). The average molecular weight is 303 g/mol. The van der Waals surface area contributed by atoms with E-state index in [0.717, 1.165) is 11.3 Å².